The van der Waals surface area contributed by atoms with E-state index < -0.39 is 0 Å². The first-order valence-corrected chi connectivity index (χ1v) is 8.31. The van der Waals surface area contributed by atoms with Crippen molar-refractivity contribution in [1.29, 1.82) is 0 Å². The molecule has 0 aromatic heterocycles. The minimum atomic E-state index is 0.316. The quantitative estimate of drug-likeness (QED) is 0.726. The van der Waals surface area contributed by atoms with Gasteiger partial charge >= 0.3 is 0 Å². The Balaban J connectivity index is 2.09. The Morgan fingerprint density at radius 1 is 1.00 bits per heavy atom. The highest BCUT2D eigenvalue weighted by molar-refractivity contribution is 4.99. The van der Waals surface area contributed by atoms with Gasteiger partial charge in [-0.2, -0.15) is 0 Å². The molecule has 2 rings (SSSR count). The van der Waals surface area contributed by atoms with Gasteiger partial charge in [0.05, 0.1) is 0 Å². The molecule has 19 heavy (non-hydrogen) atoms. The largest absolute Gasteiger partial charge is 0.310 e. The van der Waals surface area contributed by atoms with E-state index in [-0.39, 0.29) is 0 Å². The van der Waals surface area contributed by atoms with Gasteiger partial charge in [0, 0.05) is 30.7 Å². The zero-order valence-corrected chi connectivity index (χ0v) is 13.8. The second-order valence-corrected chi connectivity index (χ2v) is 8.41. The van der Waals surface area contributed by atoms with Gasteiger partial charge < -0.3 is 5.32 Å². The summed E-state index contributed by atoms with van der Waals surface area (Å²) in [6, 6.07) is 1.45. The number of hydrogen-bond donors (Lipinski definition) is 1. The average molecular weight is 266 g/mol. The lowest BCUT2D eigenvalue weighted by Crippen LogP contribution is -2.67. The molecule has 0 aromatic carbocycles. The number of rotatable bonds is 1. The zero-order chi connectivity index (χ0) is 14.1. The minimum Gasteiger partial charge on any atom is -0.310 e. The van der Waals surface area contributed by atoms with E-state index in [4.69, 9.17) is 0 Å². The third-order valence-electron chi connectivity index (χ3n) is 5.25. The summed E-state index contributed by atoms with van der Waals surface area (Å²) < 4.78 is 0. The summed E-state index contributed by atoms with van der Waals surface area (Å²) in [6.07, 6.45) is 8.60. The second kappa shape index (κ2) is 5.73. The van der Waals surface area contributed by atoms with E-state index in [1.165, 1.54) is 45.1 Å². The fourth-order valence-corrected chi connectivity index (χ4v) is 3.78. The second-order valence-electron chi connectivity index (χ2n) is 8.41. The summed E-state index contributed by atoms with van der Waals surface area (Å²) in [6.45, 7) is 14.3. The smallest absolute Gasteiger partial charge is 0.0281 e. The third kappa shape index (κ3) is 3.72. The van der Waals surface area contributed by atoms with Crippen LogP contribution >= 0.6 is 0 Å². The van der Waals surface area contributed by atoms with Crippen molar-refractivity contribution in [1.82, 2.24) is 10.2 Å². The first-order valence-electron chi connectivity index (χ1n) is 8.31. The minimum absolute atomic E-state index is 0.316. The Labute approximate surface area is 120 Å². The lowest BCUT2D eigenvalue weighted by Gasteiger charge is -2.52. The van der Waals surface area contributed by atoms with Crippen LogP contribution in [0.2, 0.25) is 0 Å². The van der Waals surface area contributed by atoms with Crippen LogP contribution < -0.4 is 5.32 Å². The summed E-state index contributed by atoms with van der Waals surface area (Å²) >= 11 is 0. The van der Waals surface area contributed by atoms with E-state index in [1.54, 1.807) is 0 Å². The third-order valence-corrected chi connectivity index (χ3v) is 5.25. The summed E-state index contributed by atoms with van der Waals surface area (Å²) in [7, 11) is 0. The summed E-state index contributed by atoms with van der Waals surface area (Å²) in [5.74, 6) is 0. The molecule has 0 radical (unpaired) electrons. The molecule has 2 aliphatic rings. The highest BCUT2D eigenvalue weighted by Gasteiger charge is 2.41. The van der Waals surface area contributed by atoms with Crippen molar-refractivity contribution in [3.63, 3.8) is 0 Å². The van der Waals surface area contributed by atoms with E-state index in [0.29, 0.717) is 17.0 Å². The maximum atomic E-state index is 3.79. The Morgan fingerprint density at radius 3 is 2.11 bits per heavy atom. The number of nitrogens with zero attached hydrogens (tertiary/aromatic N) is 1. The molecule has 1 N–H and O–H groups in total. The fourth-order valence-electron chi connectivity index (χ4n) is 3.78. The van der Waals surface area contributed by atoms with Crippen LogP contribution in [0.4, 0.5) is 0 Å². The van der Waals surface area contributed by atoms with E-state index in [0.717, 1.165) is 12.6 Å². The van der Waals surface area contributed by atoms with Gasteiger partial charge in [-0.05, 0) is 32.1 Å². The van der Waals surface area contributed by atoms with Crippen molar-refractivity contribution in [3.05, 3.63) is 0 Å². The lowest BCUT2D eigenvalue weighted by molar-refractivity contribution is -0.00292. The lowest BCUT2D eigenvalue weighted by atomic mass is 9.81. The molecule has 0 amide bonds. The van der Waals surface area contributed by atoms with E-state index in [9.17, 15) is 0 Å². The Hall–Kier alpha value is -0.0800. The molecular formula is C17H34N2. The van der Waals surface area contributed by atoms with Crippen LogP contribution in [0.1, 0.15) is 73.1 Å². The summed E-state index contributed by atoms with van der Waals surface area (Å²) in [4.78, 5) is 2.84. The van der Waals surface area contributed by atoms with Crippen LogP contribution in [-0.2, 0) is 0 Å². The molecule has 0 spiro atoms. The molecule has 112 valence electrons. The number of hydrogen-bond acceptors (Lipinski definition) is 2. The van der Waals surface area contributed by atoms with Crippen LogP contribution in [0.15, 0.2) is 0 Å². The van der Waals surface area contributed by atoms with Crippen molar-refractivity contribution in [2.45, 2.75) is 90.8 Å². The Bertz CT molecular complexity index is 282. The molecule has 1 saturated heterocycles. The van der Waals surface area contributed by atoms with Gasteiger partial charge in [0.2, 0.25) is 0 Å². The van der Waals surface area contributed by atoms with Gasteiger partial charge in [-0.1, -0.05) is 46.5 Å². The van der Waals surface area contributed by atoms with Gasteiger partial charge in [-0.15, -0.1) is 0 Å². The maximum absolute atomic E-state index is 3.79. The monoisotopic (exact) mass is 266 g/mol. The number of nitrogens with one attached hydrogen (secondary N) is 1. The Morgan fingerprint density at radius 2 is 1.58 bits per heavy atom. The SMILES string of the molecule is CC(C)(C)C1CN(C2CCCCCC2)C(C)(C)CN1. The molecule has 0 bridgehead atoms. The van der Waals surface area contributed by atoms with Crippen molar-refractivity contribution in [2.24, 2.45) is 5.41 Å². The molecule has 1 atom stereocenters. The van der Waals surface area contributed by atoms with Crippen LogP contribution in [0.25, 0.3) is 0 Å². The van der Waals surface area contributed by atoms with Gasteiger partial charge in [0.1, 0.15) is 0 Å². The van der Waals surface area contributed by atoms with Crippen LogP contribution in [0.5, 0.6) is 0 Å². The molecule has 2 nitrogen and oxygen atoms in total. The molecule has 1 aliphatic carbocycles. The first kappa shape index (κ1) is 15.3. The molecule has 1 unspecified atom stereocenters. The molecule has 2 heteroatoms. The fraction of sp³-hybridized carbons (Fsp3) is 1.00. The zero-order valence-electron chi connectivity index (χ0n) is 13.8. The molecule has 1 heterocycles. The molecule has 2 fully saturated rings. The van der Waals surface area contributed by atoms with E-state index in [2.05, 4.69) is 44.8 Å². The molecule has 0 aromatic rings. The van der Waals surface area contributed by atoms with Crippen LogP contribution in [0, 0.1) is 5.41 Å². The highest BCUT2D eigenvalue weighted by atomic mass is 15.3. The molecular weight excluding hydrogens is 232 g/mol. The predicted octanol–water partition coefficient (Wildman–Crippen LogP) is 3.81. The predicted molar refractivity (Wildman–Crippen MR) is 83.5 cm³/mol. The van der Waals surface area contributed by atoms with Gasteiger partial charge in [-0.3, -0.25) is 4.90 Å². The van der Waals surface area contributed by atoms with E-state index >= 15 is 0 Å². The first-order chi connectivity index (χ1) is 8.81. The van der Waals surface area contributed by atoms with Gasteiger partial charge in [0.15, 0.2) is 0 Å². The Kier molecular flexibility index (Phi) is 4.62. The topological polar surface area (TPSA) is 15.3 Å². The standard InChI is InChI=1S/C17H34N2/c1-16(2,3)15-12-19(17(4,5)13-18-15)14-10-8-6-7-9-11-14/h14-15,18H,6-13H2,1-5H3. The number of piperazine rings is 1. The van der Waals surface area contributed by atoms with Crippen molar-refractivity contribution in [2.75, 3.05) is 13.1 Å². The van der Waals surface area contributed by atoms with Crippen molar-refractivity contribution < 1.29 is 0 Å². The summed E-state index contributed by atoms with van der Waals surface area (Å²) in [5.41, 5.74) is 0.677. The van der Waals surface area contributed by atoms with Crippen LogP contribution in [-0.4, -0.2) is 35.6 Å². The maximum Gasteiger partial charge on any atom is 0.0281 e. The van der Waals surface area contributed by atoms with Crippen LogP contribution in [0.3, 0.4) is 0 Å². The van der Waals surface area contributed by atoms with Gasteiger partial charge in [0.25, 0.3) is 0 Å². The molecule has 1 aliphatic heterocycles. The van der Waals surface area contributed by atoms with Crippen molar-refractivity contribution >= 4 is 0 Å². The highest BCUT2D eigenvalue weighted by Crippen LogP contribution is 2.33. The normalized spacial score (nSPS) is 31.1. The van der Waals surface area contributed by atoms with E-state index in [1.807, 2.05) is 0 Å². The average Bonchev–Trinajstić information content (AvgIpc) is 2.55. The molecule has 1 saturated carbocycles. The summed E-state index contributed by atoms with van der Waals surface area (Å²) in [5, 5.41) is 3.79. The van der Waals surface area contributed by atoms with Crippen molar-refractivity contribution in [3.8, 4) is 0 Å². The van der Waals surface area contributed by atoms with Gasteiger partial charge in [-0.25, -0.2) is 0 Å².